The van der Waals surface area contributed by atoms with Gasteiger partial charge in [0.15, 0.2) is 0 Å². The molecule has 2 aromatic rings. The average Bonchev–Trinajstić information content (AvgIpc) is 2.68. The minimum absolute atomic E-state index is 0.404. The maximum atomic E-state index is 12.9. The van der Waals surface area contributed by atoms with Crippen LogP contribution >= 0.6 is 0 Å². The molecule has 3 rings (SSSR count). The first kappa shape index (κ1) is 19.1. The van der Waals surface area contributed by atoms with Crippen LogP contribution in [0.5, 0.6) is 0 Å². The van der Waals surface area contributed by atoms with Crippen LogP contribution in [-0.2, 0) is 16.6 Å². The molecule has 2 aromatic carbocycles. The quantitative estimate of drug-likeness (QED) is 0.776. The fourth-order valence-electron chi connectivity index (χ4n) is 3.32. The number of hydrogen-bond acceptors (Lipinski definition) is 3. The van der Waals surface area contributed by atoms with Gasteiger partial charge in [-0.1, -0.05) is 56.3 Å². The Morgan fingerprint density at radius 3 is 2.12 bits per heavy atom. The molecule has 0 aliphatic carbocycles. The Balaban J connectivity index is 1.62. The largest absolute Gasteiger partial charge is 0.296 e. The molecule has 1 aliphatic rings. The van der Waals surface area contributed by atoms with E-state index < -0.39 is 10.0 Å². The molecule has 0 bridgehead atoms. The number of nitrogens with zero attached hydrogens (tertiary/aromatic N) is 2. The summed E-state index contributed by atoms with van der Waals surface area (Å²) < 4.78 is 27.4. The number of hydrogen-bond donors (Lipinski definition) is 0. The fourth-order valence-corrected chi connectivity index (χ4v) is 4.74. The summed E-state index contributed by atoms with van der Waals surface area (Å²) >= 11 is 0. The van der Waals surface area contributed by atoms with Crippen molar-refractivity contribution >= 4 is 10.0 Å². The zero-order chi connectivity index (χ0) is 18.6. The topological polar surface area (TPSA) is 40.6 Å². The second-order valence-corrected chi connectivity index (χ2v) is 8.98. The lowest BCUT2D eigenvalue weighted by atomic mass is 9.99. The average molecular weight is 373 g/mol. The lowest BCUT2D eigenvalue weighted by molar-refractivity contribution is 0.181. The smallest absolute Gasteiger partial charge is 0.243 e. The van der Waals surface area contributed by atoms with Gasteiger partial charge in [-0.05, 0) is 35.6 Å². The van der Waals surface area contributed by atoms with Crippen molar-refractivity contribution in [3.05, 3.63) is 65.7 Å². The fraction of sp³-hybridized carbons (Fsp3) is 0.429. The summed E-state index contributed by atoms with van der Waals surface area (Å²) in [4.78, 5) is 2.72. The summed E-state index contributed by atoms with van der Waals surface area (Å²) in [5.41, 5.74) is 2.46. The zero-order valence-corrected chi connectivity index (χ0v) is 16.5. The highest BCUT2D eigenvalue weighted by Gasteiger charge is 2.28. The molecular formula is C21H28N2O2S. The third kappa shape index (κ3) is 4.34. The molecule has 1 heterocycles. The van der Waals surface area contributed by atoms with Crippen LogP contribution in [-0.4, -0.2) is 43.8 Å². The molecule has 1 atom stereocenters. The molecule has 1 fully saturated rings. The maximum Gasteiger partial charge on any atom is 0.243 e. The van der Waals surface area contributed by atoms with E-state index in [0.717, 1.165) is 26.1 Å². The van der Waals surface area contributed by atoms with Crippen molar-refractivity contribution in [2.75, 3.05) is 26.2 Å². The van der Waals surface area contributed by atoms with E-state index in [-0.39, 0.29) is 0 Å². The lowest BCUT2D eigenvalue weighted by Gasteiger charge is -2.34. The summed E-state index contributed by atoms with van der Waals surface area (Å²) in [7, 11) is -3.40. The molecule has 1 saturated heterocycles. The molecule has 140 valence electrons. The number of rotatable bonds is 6. The molecule has 0 spiro atoms. The Bertz CT molecular complexity index is 796. The van der Waals surface area contributed by atoms with Crippen molar-refractivity contribution in [3.63, 3.8) is 0 Å². The van der Waals surface area contributed by atoms with Gasteiger partial charge in [0.2, 0.25) is 10.0 Å². The maximum absolute atomic E-state index is 12.9. The first-order valence-electron chi connectivity index (χ1n) is 9.37. The Labute approximate surface area is 157 Å². The van der Waals surface area contributed by atoms with Crippen molar-refractivity contribution in [2.24, 2.45) is 0 Å². The third-order valence-electron chi connectivity index (χ3n) is 5.28. The van der Waals surface area contributed by atoms with Crippen LogP contribution in [0.25, 0.3) is 0 Å². The monoisotopic (exact) mass is 372 g/mol. The number of benzene rings is 2. The Morgan fingerprint density at radius 1 is 0.923 bits per heavy atom. The van der Waals surface area contributed by atoms with Crippen LogP contribution in [0.2, 0.25) is 0 Å². The van der Waals surface area contributed by atoms with E-state index in [9.17, 15) is 8.42 Å². The highest BCUT2D eigenvalue weighted by atomic mass is 32.2. The van der Waals surface area contributed by atoms with E-state index in [1.165, 1.54) is 11.1 Å². The molecule has 4 nitrogen and oxygen atoms in total. The second-order valence-electron chi connectivity index (χ2n) is 7.04. The molecule has 0 N–H and O–H groups in total. The molecule has 0 saturated carbocycles. The van der Waals surface area contributed by atoms with Gasteiger partial charge in [-0.3, -0.25) is 4.90 Å². The van der Waals surface area contributed by atoms with E-state index in [1.807, 2.05) is 30.3 Å². The first-order valence-corrected chi connectivity index (χ1v) is 10.8. The van der Waals surface area contributed by atoms with Crippen molar-refractivity contribution < 1.29 is 8.42 Å². The molecular weight excluding hydrogens is 344 g/mol. The Hall–Kier alpha value is -1.69. The van der Waals surface area contributed by atoms with Crippen molar-refractivity contribution in [1.82, 2.24) is 9.21 Å². The molecule has 0 aromatic heterocycles. The molecule has 0 radical (unpaired) electrons. The van der Waals surface area contributed by atoms with E-state index in [0.29, 0.717) is 23.9 Å². The van der Waals surface area contributed by atoms with E-state index in [2.05, 4.69) is 30.9 Å². The molecule has 1 aliphatic heterocycles. The van der Waals surface area contributed by atoms with Crippen molar-refractivity contribution in [3.8, 4) is 0 Å². The highest BCUT2D eigenvalue weighted by molar-refractivity contribution is 7.89. The number of piperazine rings is 1. The van der Waals surface area contributed by atoms with Crippen LogP contribution in [0.15, 0.2) is 59.5 Å². The van der Waals surface area contributed by atoms with Crippen molar-refractivity contribution in [2.45, 2.75) is 37.6 Å². The first-order chi connectivity index (χ1) is 12.5. The van der Waals surface area contributed by atoms with Gasteiger partial charge in [0.25, 0.3) is 0 Å². The van der Waals surface area contributed by atoms with E-state index in [4.69, 9.17) is 0 Å². The summed E-state index contributed by atoms with van der Waals surface area (Å²) in [5.74, 6) is 0.452. The zero-order valence-electron chi connectivity index (χ0n) is 15.6. The van der Waals surface area contributed by atoms with Crippen LogP contribution in [0.1, 0.15) is 37.3 Å². The van der Waals surface area contributed by atoms with Crippen molar-refractivity contribution in [1.29, 1.82) is 0 Å². The Morgan fingerprint density at radius 2 is 1.54 bits per heavy atom. The van der Waals surface area contributed by atoms with Gasteiger partial charge in [-0.15, -0.1) is 0 Å². The molecule has 1 unspecified atom stereocenters. The second kappa shape index (κ2) is 8.33. The van der Waals surface area contributed by atoms with Gasteiger partial charge in [-0.2, -0.15) is 4.31 Å². The van der Waals surface area contributed by atoms with E-state index >= 15 is 0 Å². The van der Waals surface area contributed by atoms with E-state index in [1.54, 1.807) is 16.4 Å². The predicted molar refractivity (Wildman–Crippen MR) is 106 cm³/mol. The third-order valence-corrected chi connectivity index (χ3v) is 7.19. The summed E-state index contributed by atoms with van der Waals surface area (Å²) in [5, 5.41) is 0. The molecule has 0 amide bonds. The minimum atomic E-state index is -3.40. The normalized spacial score (nSPS) is 17.9. The van der Waals surface area contributed by atoms with Gasteiger partial charge in [0.1, 0.15) is 0 Å². The summed E-state index contributed by atoms with van der Waals surface area (Å²) in [6.07, 6.45) is 1.05. The minimum Gasteiger partial charge on any atom is -0.296 e. The highest BCUT2D eigenvalue weighted by Crippen LogP contribution is 2.23. The predicted octanol–water partition coefficient (Wildman–Crippen LogP) is 3.71. The summed E-state index contributed by atoms with van der Waals surface area (Å²) in [6.45, 7) is 7.79. The standard InChI is InChI=1S/C21H28N2O2S/c1-3-18(2)20-9-11-21(12-10-20)26(24,25)23-15-13-22(14-16-23)17-19-7-5-4-6-8-19/h4-12,18H,3,13-17H2,1-2H3. The molecule has 26 heavy (non-hydrogen) atoms. The van der Waals surface area contributed by atoms with Gasteiger partial charge < -0.3 is 0 Å². The Kier molecular flexibility index (Phi) is 6.12. The summed E-state index contributed by atoms with van der Waals surface area (Å²) in [6, 6.07) is 17.7. The van der Waals surface area contributed by atoms with Gasteiger partial charge in [0.05, 0.1) is 4.90 Å². The van der Waals surface area contributed by atoms with Crippen LogP contribution < -0.4 is 0 Å². The van der Waals surface area contributed by atoms with Gasteiger partial charge >= 0.3 is 0 Å². The number of sulfonamides is 1. The van der Waals surface area contributed by atoms with Gasteiger partial charge in [-0.25, -0.2) is 8.42 Å². The van der Waals surface area contributed by atoms with Crippen LogP contribution in [0, 0.1) is 0 Å². The SMILES string of the molecule is CCC(C)c1ccc(S(=O)(=O)N2CCN(Cc3ccccc3)CC2)cc1. The van der Waals surface area contributed by atoms with Crippen LogP contribution in [0.4, 0.5) is 0 Å². The van der Waals surface area contributed by atoms with Crippen LogP contribution in [0.3, 0.4) is 0 Å². The lowest BCUT2D eigenvalue weighted by Crippen LogP contribution is -2.48. The van der Waals surface area contributed by atoms with Gasteiger partial charge in [0, 0.05) is 32.7 Å². The molecule has 5 heteroatoms.